The Hall–Kier alpha value is -2.28. The van der Waals surface area contributed by atoms with Gasteiger partial charge in [0.1, 0.15) is 5.76 Å². The average Bonchev–Trinajstić information content (AvgIpc) is 3.15. The summed E-state index contributed by atoms with van der Waals surface area (Å²) in [5.41, 5.74) is 2.67. The summed E-state index contributed by atoms with van der Waals surface area (Å²) in [6.07, 6.45) is 5.68. The fourth-order valence-electron chi connectivity index (χ4n) is 2.93. The zero-order chi connectivity index (χ0) is 16.2. The van der Waals surface area contributed by atoms with E-state index >= 15 is 0 Å². The molecule has 1 atom stereocenters. The van der Waals surface area contributed by atoms with Gasteiger partial charge in [-0.05, 0) is 26.3 Å². The topological polar surface area (TPSA) is 84.2 Å². The van der Waals surface area contributed by atoms with Crippen molar-refractivity contribution in [3.63, 3.8) is 0 Å². The van der Waals surface area contributed by atoms with E-state index in [0.717, 1.165) is 48.8 Å². The summed E-state index contributed by atoms with van der Waals surface area (Å²) < 4.78 is 5.14. The lowest BCUT2D eigenvalue weighted by molar-refractivity contribution is -0.119. The number of aryl methyl sites for hydroxylation is 1. The monoisotopic (exact) mass is 315 g/mol. The van der Waals surface area contributed by atoms with Gasteiger partial charge >= 0.3 is 0 Å². The van der Waals surface area contributed by atoms with Crippen molar-refractivity contribution in [3.05, 3.63) is 41.3 Å². The van der Waals surface area contributed by atoms with E-state index in [1.165, 1.54) is 6.92 Å². The Kier molecular flexibility index (Phi) is 4.66. The first-order chi connectivity index (χ1) is 11.1. The summed E-state index contributed by atoms with van der Waals surface area (Å²) >= 11 is 0. The number of likely N-dealkylation sites (tertiary alicyclic amines) is 1. The molecular weight excluding hydrogens is 294 g/mol. The predicted octanol–water partition coefficient (Wildman–Crippen LogP) is 1.75. The maximum absolute atomic E-state index is 11.0. The van der Waals surface area contributed by atoms with Crippen molar-refractivity contribution in [1.29, 1.82) is 0 Å². The van der Waals surface area contributed by atoms with E-state index in [1.54, 1.807) is 6.20 Å². The molecule has 0 radical (unpaired) electrons. The maximum Gasteiger partial charge on any atom is 0.217 e. The van der Waals surface area contributed by atoms with Gasteiger partial charge in [-0.1, -0.05) is 5.16 Å². The summed E-state index contributed by atoms with van der Waals surface area (Å²) in [6, 6.07) is 2.20. The van der Waals surface area contributed by atoms with Crippen LogP contribution in [0.4, 0.5) is 0 Å². The van der Waals surface area contributed by atoms with Crippen molar-refractivity contribution in [2.75, 3.05) is 6.54 Å². The van der Waals surface area contributed by atoms with Gasteiger partial charge in [0.05, 0.1) is 42.1 Å². The fraction of sp³-hybridized carbons (Fsp3) is 0.500. The van der Waals surface area contributed by atoms with Crippen LogP contribution < -0.4 is 5.32 Å². The molecule has 2 aromatic heterocycles. The third-order valence-corrected chi connectivity index (χ3v) is 3.97. The van der Waals surface area contributed by atoms with Crippen molar-refractivity contribution in [1.82, 2.24) is 25.3 Å². The molecule has 1 aliphatic rings. The average molecular weight is 315 g/mol. The Morgan fingerprint density at radius 2 is 2.30 bits per heavy atom. The number of nitrogens with zero attached hydrogens (tertiary/aromatic N) is 4. The van der Waals surface area contributed by atoms with E-state index in [-0.39, 0.29) is 11.9 Å². The van der Waals surface area contributed by atoms with E-state index in [4.69, 9.17) is 4.52 Å². The highest BCUT2D eigenvalue weighted by atomic mass is 16.5. The smallest absolute Gasteiger partial charge is 0.217 e. The third-order valence-electron chi connectivity index (χ3n) is 3.97. The van der Waals surface area contributed by atoms with Gasteiger partial charge in [-0.25, -0.2) is 0 Å². The summed E-state index contributed by atoms with van der Waals surface area (Å²) in [7, 11) is 0. The minimum absolute atomic E-state index is 0.0684. The number of hydrogen-bond donors (Lipinski definition) is 1. The number of carbonyl (C=O) groups is 1. The van der Waals surface area contributed by atoms with Crippen LogP contribution in [0.1, 0.15) is 48.6 Å². The fourth-order valence-corrected chi connectivity index (χ4v) is 2.93. The van der Waals surface area contributed by atoms with Crippen LogP contribution >= 0.6 is 0 Å². The highest BCUT2D eigenvalue weighted by Crippen LogP contribution is 2.31. The van der Waals surface area contributed by atoms with Crippen LogP contribution in [-0.4, -0.2) is 32.5 Å². The lowest BCUT2D eigenvalue weighted by Gasteiger charge is -2.22. The first kappa shape index (κ1) is 15.6. The number of carbonyl (C=O) groups excluding carboxylic acids is 1. The second-order valence-electron chi connectivity index (χ2n) is 5.90. The molecule has 0 bridgehead atoms. The Bertz CT molecular complexity index is 685. The van der Waals surface area contributed by atoms with Crippen LogP contribution in [0, 0.1) is 6.92 Å². The van der Waals surface area contributed by atoms with Gasteiger partial charge in [0.2, 0.25) is 5.91 Å². The van der Waals surface area contributed by atoms with Crippen molar-refractivity contribution in [2.45, 2.75) is 45.8 Å². The number of amides is 1. The Balaban J connectivity index is 1.71. The molecule has 1 unspecified atom stereocenters. The highest BCUT2D eigenvalue weighted by molar-refractivity contribution is 5.72. The number of nitrogens with one attached hydrogen (secondary N) is 1. The molecular formula is C16H21N5O2. The molecule has 23 heavy (non-hydrogen) atoms. The molecule has 0 aromatic carbocycles. The number of aromatic nitrogens is 3. The normalized spacial score (nSPS) is 18.3. The molecule has 1 aliphatic heterocycles. The molecule has 3 heterocycles. The van der Waals surface area contributed by atoms with E-state index in [1.807, 2.05) is 19.2 Å². The lowest BCUT2D eigenvalue weighted by atomic mass is 10.1. The molecule has 0 saturated carbocycles. The second kappa shape index (κ2) is 6.87. The summed E-state index contributed by atoms with van der Waals surface area (Å²) in [5, 5.41) is 6.83. The molecule has 1 fully saturated rings. The molecule has 7 heteroatoms. The van der Waals surface area contributed by atoms with Gasteiger partial charge in [0.25, 0.3) is 0 Å². The van der Waals surface area contributed by atoms with E-state index < -0.39 is 0 Å². The quantitative estimate of drug-likeness (QED) is 0.905. The van der Waals surface area contributed by atoms with Crippen molar-refractivity contribution >= 4 is 5.91 Å². The summed E-state index contributed by atoms with van der Waals surface area (Å²) in [5.74, 6) is 0.758. The second-order valence-corrected chi connectivity index (χ2v) is 5.90. The molecule has 7 nitrogen and oxygen atoms in total. The number of rotatable bonds is 5. The van der Waals surface area contributed by atoms with Crippen molar-refractivity contribution in [2.24, 2.45) is 0 Å². The molecule has 122 valence electrons. The van der Waals surface area contributed by atoms with Gasteiger partial charge in [-0.15, -0.1) is 0 Å². The molecule has 2 aromatic rings. The highest BCUT2D eigenvalue weighted by Gasteiger charge is 2.28. The predicted molar refractivity (Wildman–Crippen MR) is 83.2 cm³/mol. The van der Waals surface area contributed by atoms with Gasteiger partial charge < -0.3 is 9.84 Å². The van der Waals surface area contributed by atoms with E-state index in [2.05, 4.69) is 25.3 Å². The van der Waals surface area contributed by atoms with Gasteiger partial charge in [0, 0.05) is 19.5 Å². The van der Waals surface area contributed by atoms with Crippen molar-refractivity contribution < 1.29 is 9.32 Å². The molecule has 3 rings (SSSR count). The minimum atomic E-state index is -0.0684. The minimum Gasteiger partial charge on any atom is -0.361 e. The van der Waals surface area contributed by atoms with Gasteiger partial charge in [-0.2, -0.15) is 0 Å². The standard InChI is InChI=1S/C16H21N5O2/c1-11-6-13(20-23-11)10-21-5-3-4-16(21)15-9-17-7-14(19-15)8-18-12(2)22/h6-7,9,16H,3-5,8,10H2,1-2H3,(H,18,22). The van der Waals surface area contributed by atoms with Gasteiger partial charge in [-0.3, -0.25) is 19.7 Å². The molecule has 1 N–H and O–H groups in total. The van der Waals surface area contributed by atoms with Crippen LogP contribution in [0.2, 0.25) is 0 Å². The van der Waals surface area contributed by atoms with Crippen LogP contribution in [0.3, 0.4) is 0 Å². The maximum atomic E-state index is 11.0. The Labute approximate surface area is 135 Å². The summed E-state index contributed by atoms with van der Waals surface area (Å²) in [4.78, 5) is 22.3. The van der Waals surface area contributed by atoms with Crippen LogP contribution in [0.25, 0.3) is 0 Å². The van der Waals surface area contributed by atoms with Crippen LogP contribution in [-0.2, 0) is 17.9 Å². The van der Waals surface area contributed by atoms with Crippen LogP contribution in [0.15, 0.2) is 23.0 Å². The zero-order valence-corrected chi connectivity index (χ0v) is 13.5. The first-order valence-electron chi connectivity index (χ1n) is 7.83. The molecule has 1 amide bonds. The Morgan fingerprint density at radius 3 is 3.04 bits per heavy atom. The molecule has 0 spiro atoms. The number of hydrogen-bond acceptors (Lipinski definition) is 6. The molecule has 1 saturated heterocycles. The summed E-state index contributed by atoms with van der Waals surface area (Å²) in [6.45, 7) is 5.56. The van der Waals surface area contributed by atoms with E-state index in [0.29, 0.717) is 6.54 Å². The zero-order valence-electron chi connectivity index (χ0n) is 13.5. The Morgan fingerprint density at radius 1 is 1.43 bits per heavy atom. The van der Waals surface area contributed by atoms with Crippen LogP contribution in [0.5, 0.6) is 0 Å². The molecule has 0 aliphatic carbocycles. The SMILES string of the molecule is CC(=O)NCc1cncc(C2CCCN2Cc2cc(C)on2)n1. The largest absolute Gasteiger partial charge is 0.361 e. The third kappa shape index (κ3) is 3.92. The van der Waals surface area contributed by atoms with E-state index in [9.17, 15) is 4.79 Å². The first-order valence-corrected chi connectivity index (χ1v) is 7.83. The lowest BCUT2D eigenvalue weighted by Crippen LogP contribution is -2.25. The van der Waals surface area contributed by atoms with Crippen molar-refractivity contribution in [3.8, 4) is 0 Å². The van der Waals surface area contributed by atoms with Gasteiger partial charge in [0.15, 0.2) is 0 Å².